The summed E-state index contributed by atoms with van der Waals surface area (Å²) in [5.74, 6) is 0. The van der Waals surface area contributed by atoms with Crippen molar-refractivity contribution in [3.8, 4) is 0 Å². The third kappa shape index (κ3) is 2.44. The molecule has 72 valence electrons. The largest absolute Gasteiger partial charge is 0.392 e. The summed E-state index contributed by atoms with van der Waals surface area (Å²) in [4.78, 5) is 2.31. The zero-order valence-electron chi connectivity index (χ0n) is 7.99. The number of nitrogens with zero attached hydrogens (tertiary/aromatic N) is 1. The van der Waals surface area contributed by atoms with Crippen LogP contribution >= 0.6 is 0 Å². The van der Waals surface area contributed by atoms with Crippen LogP contribution in [-0.4, -0.2) is 49.0 Å². The van der Waals surface area contributed by atoms with Gasteiger partial charge in [-0.2, -0.15) is 0 Å². The quantitative estimate of drug-likeness (QED) is 0.671. The van der Waals surface area contributed by atoms with Crippen molar-refractivity contribution in [3.05, 3.63) is 0 Å². The highest BCUT2D eigenvalue weighted by Crippen LogP contribution is 2.19. The highest BCUT2D eigenvalue weighted by atomic mass is 16.5. The molecule has 0 saturated carbocycles. The lowest BCUT2D eigenvalue weighted by Gasteiger charge is -2.21. The van der Waals surface area contributed by atoms with Crippen molar-refractivity contribution in [2.24, 2.45) is 0 Å². The van der Waals surface area contributed by atoms with Gasteiger partial charge < -0.3 is 9.84 Å². The summed E-state index contributed by atoms with van der Waals surface area (Å²) in [5.41, 5.74) is 0. The van der Waals surface area contributed by atoms with Crippen LogP contribution in [0.4, 0.5) is 0 Å². The first-order valence-corrected chi connectivity index (χ1v) is 4.69. The zero-order valence-corrected chi connectivity index (χ0v) is 7.99. The second-order valence-corrected chi connectivity index (χ2v) is 3.44. The maximum absolute atomic E-state index is 9.42. The number of hydrogen-bond acceptors (Lipinski definition) is 3. The number of β-amino-alcohol motifs (C(OH)–C–C–N with tert-alkyl or cyclic N) is 1. The average Bonchev–Trinajstić information content (AvgIpc) is 2.42. The van der Waals surface area contributed by atoms with Crippen molar-refractivity contribution in [2.75, 3.05) is 26.8 Å². The maximum Gasteiger partial charge on any atom is 0.0682 e. The lowest BCUT2D eigenvalue weighted by molar-refractivity contribution is 0.129. The average molecular weight is 173 g/mol. The van der Waals surface area contributed by atoms with Gasteiger partial charge in [-0.1, -0.05) is 6.92 Å². The van der Waals surface area contributed by atoms with Gasteiger partial charge in [0.2, 0.25) is 0 Å². The monoisotopic (exact) mass is 173 g/mol. The van der Waals surface area contributed by atoms with Crippen LogP contribution in [0.5, 0.6) is 0 Å². The van der Waals surface area contributed by atoms with E-state index in [0.717, 1.165) is 32.5 Å². The molecule has 0 aromatic rings. The van der Waals surface area contributed by atoms with Crippen molar-refractivity contribution in [3.63, 3.8) is 0 Å². The lowest BCUT2D eigenvalue weighted by Crippen LogP contribution is -2.32. The molecular weight excluding hydrogens is 154 g/mol. The molecule has 1 saturated heterocycles. The molecule has 0 spiro atoms. The van der Waals surface area contributed by atoms with E-state index in [2.05, 4.69) is 11.8 Å². The predicted octanol–water partition coefficient (Wildman–Crippen LogP) is 0.478. The number of ether oxygens (including phenoxy) is 1. The number of hydrogen-bond donors (Lipinski definition) is 1. The highest BCUT2D eigenvalue weighted by molar-refractivity contribution is 4.83. The third-order valence-corrected chi connectivity index (χ3v) is 2.56. The number of likely N-dealkylation sites (tertiary alicyclic amines) is 1. The minimum atomic E-state index is -0.119. The van der Waals surface area contributed by atoms with Gasteiger partial charge >= 0.3 is 0 Å². The van der Waals surface area contributed by atoms with Crippen LogP contribution < -0.4 is 0 Å². The van der Waals surface area contributed by atoms with Gasteiger partial charge in [-0.05, 0) is 12.8 Å². The predicted molar refractivity (Wildman–Crippen MR) is 48.2 cm³/mol. The Morgan fingerprint density at radius 1 is 1.58 bits per heavy atom. The van der Waals surface area contributed by atoms with Gasteiger partial charge in [-0.15, -0.1) is 0 Å². The van der Waals surface area contributed by atoms with Crippen molar-refractivity contribution >= 4 is 0 Å². The molecule has 0 aromatic carbocycles. The van der Waals surface area contributed by atoms with Crippen LogP contribution in [0.1, 0.15) is 19.8 Å². The molecule has 1 rings (SSSR count). The molecule has 3 nitrogen and oxygen atoms in total. The van der Waals surface area contributed by atoms with Gasteiger partial charge in [0.05, 0.1) is 12.7 Å². The Balaban J connectivity index is 2.30. The smallest absolute Gasteiger partial charge is 0.0682 e. The molecule has 12 heavy (non-hydrogen) atoms. The summed E-state index contributed by atoms with van der Waals surface area (Å²) in [7, 11) is 1.72. The Morgan fingerprint density at radius 2 is 2.33 bits per heavy atom. The fraction of sp³-hybridized carbons (Fsp3) is 1.00. The van der Waals surface area contributed by atoms with E-state index in [1.54, 1.807) is 7.11 Å². The Labute approximate surface area is 74.3 Å². The minimum absolute atomic E-state index is 0.119. The lowest BCUT2D eigenvalue weighted by atomic mass is 10.1. The number of methoxy groups -OCH3 is 1. The Morgan fingerprint density at radius 3 is 2.92 bits per heavy atom. The summed E-state index contributed by atoms with van der Waals surface area (Å²) in [5, 5.41) is 9.42. The molecule has 1 fully saturated rings. The molecular formula is C9H19NO2. The SMILES string of the molecule is CC[C@H]1C[C@H](O)CN1CCOC. The van der Waals surface area contributed by atoms with Gasteiger partial charge in [-0.25, -0.2) is 0 Å². The molecule has 0 bridgehead atoms. The Kier molecular flexibility index (Phi) is 3.98. The molecule has 1 aliphatic rings. The van der Waals surface area contributed by atoms with Crippen molar-refractivity contribution < 1.29 is 9.84 Å². The van der Waals surface area contributed by atoms with E-state index >= 15 is 0 Å². The number of aliphatic hydroxyl groups is 1. The van der Waals surface area contributed by atoms with E-state index < -0.39 is 0 Å². The van der Waals surface area contributed by atoms with E-state index in [1.165, 1.54) is 0 Å². The van der Waals surface area contributed by atoms with Crippen LogP contribution in [0.3, 0.4) is 0 Å². The second-order valence-electron chi connectivity index (χ2n) is 3.44. The molecule has 0 radical (unpaired) electrons. The Bertz CT molecular complexity index is 130. The van der Waals surface area contributed by atoms with Crippen LogP contribution in [0.15, 0.2) is 0 Å². The minimum Gasteiger partial charge on any atom is -0.392 e. The van der Waals surface area contributed by atoms with E-state index in [1.807, 2.05) is 0 Å². The van der Waals surface area contributed by atoms with E-state index in [9.17, 15) is 5.11 Å². The fourth-order valence-corrected chi connectivity index (χ4v) is 1.86. The third-order valence-electron chi connectivity index (χ3n) is 2.56. The van der Waals surface area contributed by atoms with Crippen LogP contribution in [0, 0.1) is 0 Å². The number of rotatable bonds is 4. The first-order valence-electron chi connectivity index (χ1n) is 4.69. The van der Waals surface area contributed by atoms with Crippen molar-refractivity contribution in [2.45, 2.75) is 31.9 Å². The van der Waals surface area contributed by atoms with Gasteiger partial charge in [0, 0.05) is 26.2 Å². The van der Waals surface area contributed by atoms with Gasteiger partial charge in [0.15, 0.2) is 0 Å². The standard InChI is InChI=1S/C9H19NO2/c1-3-8-6-9(11)7-10(8)4-5-12-2/h8-9,11H,3-7H2,1-2H3/t8-,9-/m0/s1. The van der Waals surface area contributed by atoms with Crippen molar-refractivity contribution in [1.29, 1.82) is 0 Å². The molecule has 0 amide bonds. The summed E-state index contributed by atoms with van der Waals surface area (Å²) in [6.45, 7) is 4.71. The summed E-state index contributed by atoms with van der Waals surface area (Å²) < 4.78 is 5.01. The molecule has 0 aliphatic carbocycles. The molecule has 2 atom stereocenters. The topological polar surface area (TPSA) is 32.7 Å². The van der Waals surface area contributed by atoms with Crippen LogP contribution in [0.25, 0.3) is 0 Å². The summed E-state index contributed by atoms with van der Waals surface area (Å²) in [6.07, 6.45) is 1.94. The Hall–Kier alpha value is -0.120. The maximum atomic E-state index is 9.42. The second kappa shape index (κ2) is 4.80. The van der Waals surface area contributed by atoms with Crippen molar-refractivity contribution in [1.82, 2.24) is 4.90 Å². The summed E-state index contributed by atoms with van der Waals surface area (Å²) >= 11 is 0. The zero-order chi connectivity index (χ0) is 8.97. The molecule has 0 unspecified atom stereocenters. The van der Waals surface area contributed by atoms with Crippen LogP contribution in [-0.2, 0) is 4.74 Å². The first-order chi connectivity index (χ1) is 5.77. The highest BCUT2D eigenvalue weighted by Gasteiger charge is 2.28. The van der Waals surface area contributed by atoms with E-state index in [0.29, 0.717) is 6.04 Å². The van der Waals surface area contributed by atoms with Gasteiger partial charge in [0.25, 0.3) is 0 Å². The van der Waals surface area contributed by atoms with E-state index in [4.69, 9.17) is 4.74 Å². The molecule has 1 aliphatic heterocycles. The summed E-state index contributed by atoms with van der Waals surface area (Å²) in [6, 6.07) is 0.565. The normalized spacial score (nSPS) is 31.2. The van der Waals surface area contributed by atoms with Crippen LogP contribution in [0.2, 0.25) is 0 Å². The van der Waals surface area contributed by atoms with Gasteiger partial charge in [0.1, 0.15) is 0 Å². The van der Waals surface area contributed by atoms with Gasteiger partial charge in [-0.3, -0.25) is 4.90 Å². The van der Waals surface area contributed by atoms with E-state index in [-0.39, 0.29) is 6.10 Å². The molecule has 3 heteroatoms. The molecule has 1 N–H and O–H groups in total. The molecule has 1 heterocycles. The first kappa shape index (κ1) is 9.96. The molecule has 0 aromatic heterocycles. The fourth-order valence-electron chi connectivity index (χ4n) is 1.86. The number of aliphatic hydroxyl groups excluding tert-OH is 1.